The largest absolute Gasteiger partial charge is 0.468 e. The number of oxazole rings is 1. The maximum Gasteiger partial charge on any atom is 0.468 e. The minimum atomic E-state index is -4.69. The Bertz CT molecular complexity index is 566. The van der Waals surface area contributed by atoms with Crippen LogP contribution in [0.25, 0.3) is 11.3 Å². The van der Waals surface area contributed by atoms with Gasteiger partial charge in [0.2, 0.25) is 0 Å². The molecule has 1 N–H and O–H groups in total. The summed E-state index contributed by atoms with van der Waals surface area (Å²) in [6.45, 7) is -0.676. The van der Waals surface area contributed by atoms with Crippen LogP contribution in [0.3, 0.4) is 0 Å². The SMILES string of the molecule is OCc1oc(C(F)(F)F)nc1-c1cccc(Cl)c1. The first-order chi connectivity index (χ1) is 8.41. The zero-order chi connectivity index (χ0) is 13.3. The number of aliphatic hydroxyl groups is 1. The molecular weight excluding hydrogens is 271 g/mol. The molecule has 0 saturated heterocycles. The third-order valence-electron chi connectivity index (χ3n) is 2.18. The van der Waals surface area contributed by atoms with Crippen LogP contribution in [0.2, 0.25) is 5.02 Å². The van der Waals surface area contributed by atoms with Gasteiger partial charge in [0.25, 0.3) is 0 Å². The molecule has 1 aromatic heterocycles. The molecule has 0 amide bonds. The number of aromatic nitrogens is 1. The van der Waals surface area contributed by atoms with Crippen molar-refractivity contribution in [1.29, 1.82) is 0 Å². The maximum absolute atomic E-state index is 12.4. The lowest BCUT2D eigenvalue weighted by Gasteiger charge is -1.98. The Kier molecular flexibility index (Phi) is 3.32. The summed E-state index contributed by atoms with van der Waals surface area (Å²) >= 11 is 5.74. The predicted octanol–water partition coefficient (Wildman–Crippen LogP) is 3.51. The van der Waals surface area contributed by atoms with Crippen LogP contribution >= 0.6 is 11.6 Å². The standard InChI is InChI=1S/C11H7ClF3NO2/c12-7-3-1-2-6(4-7)9-8(5-17)18-10(16-9)11(13,14)15/h1-4,17H,5H2. The highest BCUT2D eigenvalue weighted by Gasteiger charge is 2.38. The monoisotopic (exact) mass is 277 g/mol. The number of rotatable bonds is 2. The van der Waals surface area contributed by atoms with Crippen LogP contribution in [0, 0.1) is 0 Å². The number of nitrogens with zero attached hydrogens (tertiary/aromatic N) is 1. The van der Waals surface area contributed by atoms with E-state index in [0.717, 1.165) is 0 Å². The summed E-state index contributed by atoms with van der Waals surface area (Å²) in [5.74, 6) is -1.63. The van der Waals surface area contributed by atoms with E-state index in [1.54, 1.807) is 12.1 Å². The molecule has 0 spiro atoms. The van der Waals surface area contributed by atoms with E-state index in [1.165, 1.54) is 12.1 Å². The van der Waals surface area contributed by atoms with E-state index < -0.39 is 18.7 Å². The van der Waals surface area contributed by atoms with Gasteiger partial charge in [0.05, 0.1) is 0 Å². The molecule has 0 saturated carbocycles. The fourth-order valence-electron chi connectivity index (χ4n) is 1.44. The topological polar surface area (TPSA) is 46.3 Å². The molecule has 2 aromatic rings. The molecule has 18 heavy (non-hydrogen) atoms. The second-order valence-corrected chi connectivity index (χ2v) is 3.89. The summed E-state index contributed by atoms with van der Waals surface area (Å²) in [5, 5.41) is 9.35. The van der Waals surface area contributed by atoms with Crippen LogP contribution in [-0.2, 0) is 12.8 Å². The van der Waals surface area contributed by atoms with Crippen LogP contribution in [0.15, 0.2) is 28.7 Å². The number of hydrogen-bond donors (Lipinski definition) is 1. The molecule has 96 valence electrons. The summed E-state index contributed by atoms with van der Waals surface area (Å²) in [6.07, 6.45) is -4.69. The van der Waals surface area contributed by atoms with E-state index in [0.29, 0.717) is 10.6 Å². The molecule has 0 unspecified atom stereocenters. The Morgan fingerprint density at radius 3 is 2.61 bits per heavy atom. The highest BCUT2D eigenvalue weighted by Crippen LogP contribution is 2.34. The van der Waals surface area contributed by atoms with Crippen LogP contribution in [0.5, 0.6) is 0 Å². The van der Waals surface area contributed by atoms with E-state index in [4.69, 9.17) is 16.7 Å². The lowest BCUT2D eigenvalue weighted by atomic mass is 10.1. The quantitative estimate of drug-likeness (QED) is 0.914. The van der Waals surface area contributed by atoms with Crippen molar-refractivity contribution in [2.45, 2.75) is 12.8 Å². The summed E-state index contributed by atoms with van der Waals surface area (Å²) in [4.78, 5) is 3.35. The van der Waals surface area contributed by atoms with Crippen LogP contribution < -0.4 is 0 Å². The van der Waals surface area contributed by atoms with Gasteiger partial charge >= 0.3 is 12.1 Å². The molecule has 0 aliphatic carbocycles. The third kappa shape index (κ3) is 2.49. The van der Waals surface area contributed by atoms with Crippen molar-refractivity contribution in [3.8, 4) is 11.3 Å². The number of benzene rings is 1. The summed E-state index contributed by atoms with van der Waals surface area (Å²) in [5.41, 5.74) is 0.290. The molecule has 0 radical (unpaired) electrons. The van der Waals surface area contributed by atoms with Crippen molar-refractivity contribution in [3.05, 3.63) is 40.9 Å². The van der Waals surface area contributed by atoms with Gasteiger partial charge in [-0.3, -0.25) is 0 Å². The summed E-state index contributed by atoms with van der Waals surface area (Å²) in [7, 11) is 0. The van der Waals surface area contributed by atoms with Crippen LogP contribution in [0.4, 0.5) is 13.2 Å². The van der Waals surface area contributed by atoms with Crippen molar-refractivity contribution in [1.82, 2.24) is 4.98 Å². The zero-order valence-electron chi connectivity index (χ0n) is 8.83. The number of halogens is 4. The number of hydrogen-bond acceptors (Lipinski definition) is 3. The molecule has 0 aliphatic heterocycles. The van der Waals surface area contributed by atoms with Gasteiger partial charge in [0.15, 0.2) is 5.76 Å². The van der Waals surface area contributed by atoms with Crippen molar-refractivity contribution >= 4 is 11.6 Å². The Morgan fingerprint density at radius 2 is 2.06 bits per heavy atom. The molecule has 0 atom stereocenters. The molecule has 7 heteroatoms. The predicted molar refractivity (Wildman–Crippen MR) is 57.9 cm³/mol. The molecule has 0 bridgehead atoms. The van der Waals surface area contributed by atoms with Crippen LogP contribution in [0.1, 0.15) is 11.7 Å². The first kappa shape index (κ1) is 12.9. The third-order valence-corrected chi connectivity index (χ3v) is 2.42. The highest BCUT2D eigenvalue weighted by molar-refractivity contribution is 6.30. The van der Waals surface area contributed by atoms with Gasteiger partial charge in [-0.15, -0.1) is 0 Å². The van der Waals surface area contributed by atoms with E-state index >= 15 is 0 Å². The number of alkyl halides is 3. The van der Waals surface area contributed by atoms with Gasteiger partial charge in [-0.25, -0.2) is 4.98 Å². The maximum atomic E-state index is 12.4. The Labute approximate surface area is 105 Å². The second kappa shape index (κ2) is 4.62. The lowest BCUT2D eigenvalue weighted by molar-refractivity contribution is -0.157. The molecule has 3 nitrogen and oxygen atoms in total. The molecule has 0 fully saturated rings. The van der Waals surface area contributed by atoms with E-state index in [-0.39, 0.29) is 11.5 Å². The average Bonchev–Trinajstić information content (AvgIpc) is 2.72. The number of aliphatic hydroxyl groups excluding tert-OH is 1. The summed E-state index contributed by atoms with van der Waals surface area (Å²) < 4.78 is 41.8. The van der Waals surface area contributed by atoms with Gasteiger partial charge in [-0.05, 0) is 12.1 Å². The average molecular weight is 278 g/mol. The minimum absolute atomic E-state index is 0.0627. The van der Waals surface area contributed by atoms with Gasteiger partial charge in [0, 0.05) is 10.6 Å². The molecule has 1 heterocycles. The normalized spacial score (nSPS) is 11.8. The van der Waals surface area contributed by atoms with Gasteiger partial charge in [0.1, 0.15) is 12.3 Å². The van der Waals surface area contributed by atoms with Crippen molar-refractivity contribution in [3.63, 3.8) is 0 Å². The molecule has 0 aliphatic rings. The summed E-state index contributed by atoms with van der Waals surface area (Å²) in [6, 6.07) is 6.12. The minimum Gasteiger partial charge on any atom is -0.435 e. The van der Waals surface area contributed by atoms with E-state index in [9.17, 15) is 13.2 Å². The van der Waals surface area contributed by atoms with Gasteiger partial charge < -0.3 is 9.52 Å². The van der Waals surface area contributed by atoms with Crippen molar-refractivity contribution in [2.24, 2.45) is 0 Å². The van der Waals surface area contributed by atoms with E-state index in [2.05, 4.69) is 9.40 Å². The second-order valence-electron chi connectivity index (χ2n) is 3.46. The lowest BCUT2D eigenvalue weighted by Crippen LogP contribution is -2.04. The first-order valence-corrected chi connectivity index (χ1v) is 5.23. The molecular formula is C11H7ClF3NO2. The zero-order valence-corrected chi connectivity index (χ0v) is 9.59. The highest BCUT2D eigenvalue weighted by atomic mass is 35.5. The van der Waals surface area contributed by atoms with Gasteiger partial charge in [-0.1, -0.05) is 23.7 Å². The fourth-order valence-corrected chi connectivity index (χ4v) is 1.63. The Hall–Kier alpha value is -1.53. The van der Waals surface area contributed by atoms with Crippen LogP contribution in [-0.4, -0.2) is 10.1 Å². The van der Waals surface area contributed by atoms with Crippen molar-refractivity contribution in [2.75, 3.05) is 0 Å². The first-order valence-electron chi connectivity index (χ1n) is 4.85. The van der Waals surface area contributed by atoms with E-state index in [1.807, 2.05) is 0 Å². The Morgan fingerprint density at radius 1 is 1.33 bits per heavy atom. The smallest absolute Gasteiger partial charge is 0.435 e. The molecule has 2 rings (SSSR count). The van der Waals surface area contributed by atoms with Gasteiger partial charge in [-0.2, -0.15) is 13.2 Å². The molecule has 1 aromatic carbocycles. The fraction of sp³-hybridized carbons (Fsp3) is 0.182. The van der Waals surface area contributed by atoms with Crippen molar-refractivity contribution < 1.29 is 22.7 Å². The Balaban J connectivity index is 2.54.